The van der Waals surface area contributed by atoms with Crippen LogP contribution in [0.4, 0.5) is 4.39 Å². The van der Waals surface area contributed by atoms with Crippen molar-refractivity contribution < 1.29 is 14.0 Å². The SMILES string of the molecule is O=C(NC1CCCCC1)[C@@H](Cc1ccccc1)N(Cc1ccc(Cl)c(Cl)c1)C(=O)CSCc1ccccc1F. The number of carbonyl (C=O) groups is 2. The van der Waals surface area contributed by atoms with Gasteiger partial charge in [-0.25, -0.2) is 4.39 Å². The molecule has 0 unspecified atom stereocenters. The van der Waals surface area contributed by atoms with E-state index in [0.717, 1.165) is 36.8 Å². The molecular formula is C31H33Cl2FN2O2S. The molecule has 39 heavy (non-hydrogen) atoms. The van der Waals surface area contributed by atoms with Gasteiger partial charge in [0.15, 0.2) is 0 Å². The van der Waals surface area contributed by atoms with Crippen molar-refractivity contribution in [2.24, 2.45) is 0 Å². The highest BCUT2D eigenvalue weighted by Crippen LogP contribution is 2.26. The van der Waals surface area contributed by atoms with E-state index < -0.39 is 6.04 Å². The lowest BCUT2D eigenvalue weighted by Gasteiger charge is -2.33. The van der Waals surface area contributed by atoms with Gasteiger partial charge in [-0.3, -0.25) is 9.59 Å². The summed E-state index contributed by atoms with van der Waals surface area (Å²) in [5.74, 6) is -0.173. The van der Waals surface area contributed by atoms with Gasteiger partial charge in [0.1, 0.15) is 11.9 Å². The molecule has 0 radical (unpaired) electrons. The van der Waals surface area contributed by atoms with Gasteiger partial charge >= 0.3 is 0 Å². The summed E-state index contributed by atoms with van der Waals surface area (Å²) >= 11 is 13.8. The first-order valence-corrected chi connectivity index (χ1v) is 15.2. The van der Waals surface area contributed by atoms with Crippen LogP contribution < -0.4 is 5.32 Å². The zero-order valence-electron chi connectivity index (χ0n) is 21.8. The fourth-order valence-electron chi connectivity index (χ4n) is 4.88. The van der Waals surface area contributed by atoms with E-state index in [9.17, 15) is 14.0 Å². The number of rotatable bonds is 11. The average Bonchev–Trinajstić information content (AvgIpc) is 2.94. The summed E-state index contributed by atoms with van der Waals surface area (Å²) < 4.78 is 14.1. The number of benzene rings is 3. The quantitative estimate of drug-likeness (QED) is 0.254. The first-order valence-electron chi connectivity index (χ1n) is 13.3. The zero-order valence-corrected chi connectivity index (χ0v) is 24.1. The Kier molecular flexibility index (Phi) is 11.1. The minimum Gasteiger partial charge on any atom is -0.352 e. The molecule has 1 aliphatic carbocycles. The van der Waals surface area contributed by atoms with Crippen molar-refractivity contribution in [2.45, 2.75) is 62.9 Å². The monoisotopic (exact) mass is 586 g/mol. The summed E-state index contributed by atoms with van der Waals surface area (Å²) in [5, 5.41) is 4.05. The van der Waals surface area contributed by atoms with Gasteiger partial charge in [-0.15, -0.1) is 11.8 Å². The van der Waals surface area contributed by atoms with Crippen LogP contribution in [0, 0.1) is 5.82 Å². The Morgan fingerprint density at radius 3 is 2.36 bits per heavy atom. The van der Waals surface area contributed by atoms with Crippen molar-refractivity contribution >= 4 is 46.8 Å². The highest BCUT2D eigenvalue weighted by Gasteiger charge is 2.32. The standard InChI is InChI=1S/C31H33Cl2FN2O2S/c32-26-16-15-23(17-27(26)33)19-36(30(37)21-39-20-24-11-7-8-14-28(24)34)29(18-22-9-3-1-4-10-22)31(38)35-25-12-5-2-6-13-25/h1,3-4,7-11,14-17,25,29H,2,5-6,12-13,18-21H2,(H,35,38)/t29-/m1/s1. The van der Waals surface area contributed by atoms with Crippen LogP contribution in [-0.2, 0) is 28.3 Å². The summed E-state index contributed by atoms with van der Waals surface area (Å²) in [5.41, 5.74) is 2.29. The molecule has 0 bridgehead atoms. The third-order valence-electron chi connectivity index (χ3n) is 7.00. The first kappa shape index (κ1) is 29.4. The Morgan fingerprint density at radius 2 is 1.64 bits per heavy atom. The van der Waals surface area contributed by atoms with Crippen molar-refractivity contribution in [1.82, 2.24) is 10.2 Å². The van der Waals surface area contributed by atoms with Crippen LogP contribution in [0.25, 0.3) is 0 Å². The van der Waals surface area contributed by atoms with Crippen molar-refractivity contribution in [3.05, 3.63) is 105 Å². The molecule has 1 atom stereocenters. The van der Waals surface area contributed by atoms with Gasteiger partial charge in [-0.2, -0.15) is 0 Å². The Morgan fingerprint density at radius 1 is 0.923 bits per heavy atom. The molecule has 0 spiro atoms. The van der Waals surface area contributed by atoms with Crippen LogP contribution in [0.2, 0.25) is 10.0 Å². The minimum absolute atomic E-state index is 0.109. The Bertz CT molecular complexity index is 1250. The number of hydrogen-bond donors (Lipinski definition) is 1. The largest absolute Gasteiger partial charge is 0.352 e. The minimum atomic E-state index is -0.717. The maximum Gasteiger partial charge on any atom is 0.243 e. The second-order valence-corrected chi connectivity index (χ2v) is 11.7. The van der Waals surface area contributed by atoms with Gasteiger partial charge in [0.05, 0.1) is 15.8 Å². The van der Waals surface area contributed by atoms with Gasteiger partial charge in [0, 0.05) is 24.8 Å². The van der Waals surface area contributed by atoms with E-state index in [0.29, 0.717) is 27.8 Å². The molecule has 206 valence electrons. The molecule has 3 aromatic rings. The first-order chi connectivity index (χ1) is 18.9. The highest BCUT2D eigenvalue weighted by atomic mass is 35.5. The molecule has 0 heterocycles. The van der Waals surface area contributed by atoms with E-state index in [1.165, 1.54) is 24.2 Å². The summed E-state index contributed by atoms with van der Waals surface area (Å²) in [7, 11) is 0. The number of nitrogens with zero attached hydrogens (tertiary/aromatic N) is 1. The normalized spacial score (nSPS) is 14.5. The molecule has 0 aromatic heterocycles. The second-order valence-electron chi connectivity index (χ2n) is 9.90. The molecule has 1 fully saturated rings. The third-order valence-corrected chi connectivity index (χ3v) is 8.71. The Labute approximate surface area is 244 Å². The molecule has 2 amide bonds. The second kappa shape index (κ2) is 14.7. The smallest absolute Gasteiger partial charge is 0.243 e. The average molecular weight is 588 g/mol. The molecule has 4 rings (SSSR count). The molecule has 0 aliphatic heterocycles. The van der Waals surface area contributed by atoms with Crippen LogP contribution in [0.1, 0.15) is 48.8 Å². The fourth-order valence-corrected chi connectivity index (χ4v) is 6.10. The molecule has 1 saturated carbocycles. The maximum absolute atomic E-state index is 14.1. The van der Waals surface area contributed by atoms with Crippen molar-refractivity contribution in [2.75, 3.05) is 5.75 Å². The molecule has 1 aliphatic rings. The lowest BCUT2D eigenvalue weighted by atomic mass is 9.94. The van der Waals surface area contributed by atoms with Gasteiger partial charge in [0.2, 0.25) is 11.8 Å². The zero-order chi connectivity index (χ0) is 27.6. The van der Waals surface area contributed by atoms with Crippen molar-refractivity contribution in [3.8, 4) is 0 Å². The van der Waals surface area contributed by atoms with E-state index in [-0.39, 0.29) is 36.0 Å². The summed E-state index contributed by atoms with van der Waals surface area (Å²) in [6.45, 7) is 0.200. The number of nitrogens with one attached hydrogen (secondary N) is 1. The molecule has 8 heteroatoms. The maximum atomic E-state index is 14.1. The molecule has 3 aromatic carbocycles. The predicted octanol–water partition coefficient (Wildman–Crippen LogP) is 7.45. The molecular weight excluding hydrogens is 554 g/mol. The van der Waals surface area contributed by atoms with Gasteiger partial charge in [-0.05, 0) is 47.7 Å². The Hall–Kier alpha value is -2.54. The van der Waals surface area contributed by atoms with E-state index in [1.807, 2.05) is 36.4 Å². The van der Waals surface area contributed by atoms with Crippen molar-refractivity contribution in [3.63, 3.8) is 0 Å². The topological polar surface area (TPSA) is 49.4 Å². The van der Waals surface area contributed by atoms with Crippen molar-refractivity contribution in [1.29, 1.82) is 0 Å². The van der Waals surface area contributed by atoms with Gasteiger partial charge in [-0.1, -0.05) is 97.1 Å². The summed E-state index contributed by atoms with van der Waals surface area (Å²) in [6, 6.07) is 20.9. The van der Waals surface area contributed by atoms with Crippen LogP contribution in [-0.4, -0.2) is 34.6 Å². The number of carbonyl (C=O) groups excluding carboxylic acids is 2. The van der Waals surface area contributed by atoms with Crippen LogP contribution in [0.15, 0.2) is 72.8 Å². The molecule has 4 nitrogen and oxygen atoms in total. The van der Waals surface area contributed by atoms with E-state index >= 15 is 0 Å². The number of amides is 2. The van der Waals surface area contributed by atoms with Crippen LogP contribution in [0.5, 0.6) is 0 Å². The van der Waals surface area contributed by atoms with E-state index in [4.69, 9.17) is 23.2 Å². The summed E-state index contributed by atoms with van der Waals surface area (Å²) in [6.07, 6.45) is 5.64. The molecule has 0 saturated heterocycles. The van der Waals surface area contributed by atoms with Crippen LogP contribution in [0.3, 0.4) is 0 Å². The number of halogens is 3. The van der Waals surface area contributed by atoms with E-state index in [1.54, 1.807) is 35.2 Å². The van der Waals surface area contributed by atoms with Crippen LogP contribution >= 0.6 is 35.0 Å². The van der Waals surface area contributed by atoms with E-state index in [2.05, 4.69) is 5.32 Å². The third kappa shape index (κ3) is 8.72. The van der Waals surface area contributed by atoms with Gasteiger partial charge in [0.25, 0.3) is 0 Å². The number of hydrogen-bond acceptors (Lipinski definition) is 3. The number of thioether (sulfide) groups is 1. The van der Waals surface area contributed by atoms with Gasteiger partial charge < -0.3 is 10.2 Å². The lowest BCUT2D eigenvalue weighted by molar-refractivity contribution is -0.139. The molecule has 1 N–H and O–H groups in total. The Balaban J connectivity index is 1.59. The lowest BCUT2D eigenvalue weighted by Crippen LogP contribution is -2.53. The highest BCUT2D eigenvalue weighted by molar-refractivity contribution is 7.99. The fraction of sp³-hybridized carbons (Fsp3) is 0.355. The summed E-state index contributed by atoms with van der Waals surface area (Å²) in [4.78, 5) is 29.2. The predicted molar refractivity (Wildman–Crippen MR) is 159 cm³/mol.